The first-order valence-corrected chi connectivity index (χ1v) is 12.0. The quantitative estimate of drug-likeness (QED) is 0.383. The molecule has 0 aliphatic carbocycles. The molecule has 0 N–H and O–H groups in total. The summed E-state index contributed by atoms with van der Waals surface area (Å²) in [6, 6.07) is 18.5. The van der Waals surface area contributed by atoms with E-state index in [9.17, 15) is 8.42 Å². The number of rotatable bonds is 4. The molecule has 4 rings (SSSR count). The van der Waals surface area contributed by atoms with Crippen LogP contribution in [0.3, 0.4) is 0 Å². The Labute approximate surface area is 170 Å². The molecule has 27 heavy (non-hydrogen) atoms. The third kappa shape index (κ3) is 3.58. The molecule has 0 amide bonds. The van der Waals surface area contributed by atoms with Crippen LogP contribution >= 0.6 is 34.3 Å². The van der Waals surface area contributed by atoms with Crippen molar-refractivity contribution in [2.45, 2.75) is 4.90 Å². The number of nitrogens with zero attached hydrogens (tertiary/aromatic N) is 1. The van der Waals surface area contributed by atoms with Crippen molar-refractivity contribution in [1.29, 1.82) is 0 Å². The lowest BCUT2D eigenvalue weighted by molar-refractivity contribution is 0.602. The SMILES string of the molecule is CS(=O)(=O)c1ccccc1-c1sc(-c2ccccc2Cl)nc1-c1cccs1. The summed E-state index contributed by atoms with van der Waals surface area (Å²) in [5.41, 5.74) is 2.28. The van der Waals surface area contributed by atoms with Crippen LogP contribution in [0.15, 0.2) is 70.9 Å². The summed E-state index contributed by atoms with van der Waals surface area (Å²) in [6.07, 6.45) is 1.23. The first-order chi connectivity index (χ1) is 12.9. The summed E-state index contributed by atoms with van der Waals surface area (Å²) in [5, 5.41) is 3.37. The van der Waals surface area contributed by atoms with Gasteiger partial charge in [0.2, 0.25) is 0 Å². The Morgan fingerprint density at radius 3 is 2.30 bits per heavy atom. The van der Waals surface area contributed by atoms with Crippen molar-refractivity contribution in [3.8, 4) is 31.6 Å². The van der Waals surface area contributed by atoms with Crippen LogP contribution in [0.1, 0.15) is 0 Å². The molecule has 0 aliphatic heterocycles. The molecule has 0 unspecified atom stereocenters. The Morgan fingerprint density at radius 2 is 1.63 bits per heavy atom. The fourth-order valence-electron chi connectivity index (χ4n) is 2.81. The maximum absolute atomic E-state index is 12.3. The third-order valence-corrected chi connectivity index (χ3v) is 7.50. The zero-order valence-electron chi connectivity index (χ0n) is 14.2. The van der Waals surface area contributed by atoms with Gasteiger partial charge in [-0.25, -0.2) is 13.4 Å². The minimum Gasteiger partial charge on any atom is -0.234 e. The van der Waals surface area contributed by atoms with Crippen LogP contribution in [-0.4, -0.2) is 19.7 Å². The molecule has 2 heterocycles. The molecule has 0 saturated heterocycles. The van der Waals surface area contributed by atoms with Crippen molar-refractivity contribution in [3.63, 3.8) is 0 Å². The van der Waals surface area contributed by atoms with Gasteiger partial charge >= 0.3 is 0 Å². The topological polar surface area (TPSA) is 47.0 Å². The van der Waals surface area contributed by atoms with Gasteiger partial charge in [-0.2, -0.15) is 0 Å². The molecule has 3 nitrogen and oxygen atoms in total. The lowest BCUT2D eigenvalue weighted by Crippen LogP contribution is -1.99. The molecule has 0 radical (unpaired) electrons. The summed E-state index contributed by atoms with van der Waals surface area (Å²) >= 11 is 9.40. The highest BCUT2D eigenvalue weighted by atomic mass is 35.5. The zero-order valence-corrected chi connectivity index (χ0v) is 17.4. The minimum atomic E-state index is -3.37. The van der Waals surface area contributed by atoms with Crippen LogP contribution in [0.4, 0.5) is 0 Å². The minimum absolute atomic E-state index is 0.303. The summed E-state index contributed by atoms with van der Waals surface area (Å²) in [5.74, 6) is 0. The molecule has 0 spiro atoms. The summed E-state index contributed by atoms with van der Waals surface area (Å²) in [6.45, 7) is 0. The number of thiazole rings is 1. The maximum Gasteiger partial charge on any atom is 0.176 e. The zero-order chi connectivity index (χ0) is 19.0. The molecule has 2 aromatic heterocycles. The Hall–Kier alpha value is -1.99. The summed E-state index contributed by atoms with van der Waals surface area (Å²) < 4.78 is 24.6. The van der Waals surface area contributed by atoms with Crippen LogP contribution in [-0.2, 0) is 9.84 Å². The van der Waals surface area contributed by atoms with Gasteiger partial charge in [-0.3, -0.25) is 0 Å². The van der Waals surface area contributed by atoms with Crippen molar-refractivity contribution in [2.24, 2.45) is 0 Å². The van der Waals surface area contributed by atoms with Crippen LogP contribution in [0.2, 0.25) is 5.02 Å². The third-order valence-electron chi connectivity index (χ3n) is 4.02. The molecular formula is C20H14ClNO2S3. The van der Waals surface area contributed by atoms with E-state index in [1.165, 1.54) is 17.6 Å². The molecule has 0 fully saturated rings. The second-order valence-electron chi connectivity index (χ2n) is 5.92. The molecular weight excluding hydrogens is 418 g/mol. The highest BCUT2D eigenvalue weighted by molar-refractivity contribution is 7.90. The highest BCUT2D eigenvalue weighted by Crippen LogP contribution is 2.44. The van der Waals surface area contributed by atoms with Gasteiger partial charge in [-0.05, 0) is 23.6 Å². The van der Waals surface area contributed by atoms with Gasteiger partial charge in [-0.15, -0.1) is 22.7 Å². The summed E-state index contributed by atoms with van der Waals surface area (Å²) in [4.78, 5) is 6.95. The number of sulfone groups is 1. The molecule has 0 atom stereocenters. The van der Waals surface area contributed by atoms with E-state index in [1.807, 2.05) is 53.9 Å². The standard InChI is InChI=1S/C20H14ClNO2S3/c1-27(23,24)17-11-5-3-8-14(17)19-18(16-10-6-12-25-16)22-20(26-19)13-7-2-4-9-15(13)21/h2-12H,1H3. The number of hydrogen-bond donors (Lipinski definition) is 0. The molecule has 2 aromatic carbocycles. The molecule has 7 heteroatoms. The lowest BCUT2D eigenvalue weighted by atomic mass is 10.1. The Kier molecular flexibility index (Phi) is 4.90. The van der Waals surface area contributed by atoms with E-state index in [2.05, 4.69) is 0 Å². The second-order valence-corrected chi connectivity index (χ2v) is 10.3. The predicted molar refractivity (Wildman–Crippen MR) is 114 cm³/mol. The number of aromatic nitrogens is 1. The number of thiophene rings is 1. The average molecular weight is 432 g/mol. The first-order valence-electron chi connectivity index (χ1n) is 8.04. The van der Waals surface area contributed by atoms with Crippen LogP contribution in [0.5, 0.6) is 0 Å². The fraction of sp³-hybridized carbons (Fsp3) is 0.0500. The fourth-order valence-corrected chi connectivity index (χ4v) is 5.99. The van der Waals surface area contributed by atoms with E-state index >= 15 is 0 Å². The van der Waals surface area contributed by atoms with Crippen molar-refractivity contribution in [2.75, 3.05) is 6.26 Å². The van der Waals surface area contributed by atoms with E-state index in [0.29, 0.717) is 15.5 Å². The van der Waals surface area contributed by atoms with Crippen molar-refractivity contribution in [3.05, 3.63) is 71.1 Å². The van der Waals surface area contributed by atoms with Crippen LogP contribution in [0, 0.1) is 0 Å². The van der Waals surface area contributed by atoms with Gasteiger partial charge < -0.3 is 0 Å². The van der Waals surface area contributed by atoms with Crippen LogP contribution < -0.4 is 0 Å². The van der Waals surface area contributed by atoms with Gasteiger partial charge in [0.1, 0.15) is 5.01 Å². The molecule has 136 valence electrons. The Bertz CT molecular complexity index is 1210. The largest absolute Gasteiger partial charge is 0.234 e. The number of halogens is 1. The Balaban J connectivity index is 2.01. The molecule has 0 aliphatic rings. The van der Waals surface area contributed by atoms with Gasteiger partial charge in [0.25, 0.3) is 0 Å². The number of hydrogen-bond acceptors (Lipinski definition) is 5. The Morgan fingerprint density at radius 1 is 0.926 bits per heavy atom. The molecule has 0 bridgehead atoms. The first kappa shape index (κ1) is 18.4. The number of benzene rings is 2. The van der Waals surface area contributed by atoms with Gasteiger partial charge in [0.05, 0.1) is 25.4 Å². The van der Waals surface area contributed by atoms with E-state index in [4.69, 9.17) is 16.6 Å². The second kappa shape index (κ2) is 7.20. The van der Waals surface area contributed by atoms with Gasteiger partial charge in [0.15, 0.2) is 9.84 Å². The monoisotopic (exact) mass is 431 g/mol. The lowest BCUT2D eigenvalue weighted by Gasteiger charge is -2.07. The van der Waals surface area contributed by atoms with Gasteiger partial charge in [-0.1, -0.05) is 54.1 Å². The molecule has 0 saturated carbocycles. The highest BCUT2D eigenvalue weighted by Gasteiger charge is 2.22. The normalized spacial score (nSPS) is 11.6. The van der Waals surface area contributed by atoms with E-state index < -0.39 is 9.84 Å². The summed E-state index contributed by atoms with van der Waals surface area (Å²) in [7, 11) is -3.37. The van der Waals surface area contributed by atoms with E-state index in [0.717, 1.165) is 26.0 Å². The molecule has 4 aromatic rings. The smallest absolute Gasteiger partial charge is 0.176 e. The van der Waals surface area contributed by atoms with E-state index in [-0.39, 0.29) is 0 Å². The average Bonchev–Trinajstić information content (AvgIpc) is 3.31. The predicted octanol–water partition coefficient (Wildman–Crippen LogP) is 6.26. The van der Waals surface area contributed by atoms with Crippen molar-refractivity contribution < 1.29 is 8.42 Å². The van der Waals surface area contributed by atoms with Gasteiger partial charge in [0, 0.05) is 17.4 Å². The maximum atomic E-state index is 12.3. The van der Waals surface area contributed by atoms with Crippen molar-refractivity contribution >= 4 is 44.1 Å². The van der Waals surface area contributed by atoms with E-state index in [1.54, 1.807) is 23.5 Å². The van der Waals surface area contributed by atoms with Crippen LogP contribution in [0.25, 0.3) is 31.6 Å². The van der Waals surface area contributed by atoms with Crippen molar-refractivity contribution in [1.82, 2.24) is 4.98 Å².